The fraction of sp³-hybridized carbons (Fsp3) is 0.0714. The fourth-order valence-electron chi connectivity index (χ4n) is 4.21. The van der Waals surface area contributed by atoms with E-state index in [1.54, 1.807) is 18.2 Å². The zero-order valence-electron chi connectivity index (χ0n) is 20.4. The van der Waals surface area contributed by atoms with Gasteiger partial charge < -0.3 is 16.4 Å². The van der Waals surface area contributed by atoms with Gasteiger partial charge in [0.1, 0.15) is 11.2 Å². The summed E-state index contributed by atoms with van der Waals surface area (Å²) < 4.78 is 1.31. The maximum atomic E-state index is 13.6. The van der Waals surface area contributed by atoms with E-state index in [9.17, 15) is 9.59 Å². The number of aromatic nitrogens is 4. The first kappa shape index (κ1) is 26.0. The average molecular weight is 560 g/mol. The minimum atomic E-state index is -0.896. The highest BCUT2D eigenvalue weighted by Crippen LogP contribution is 2.29. The molecule has 0 aliphatic heterocycles. The van der Waals surface area contributed by atoms with Crippen LogP contribution in [0.2, 0.25) is 5.02 Å². The Labute approximate surface area is 233 Å². The van der Waals surface area contributed by atoms with Crippen molar-refractivity contribution in [3.8, 4) is 11.3 Å². The van der Waals surface area contributed by atoms with Crippen LogP contribution in [0, 0.1) is 0 Å². The largest absolute Gasteiger partial charge is 0.388 e. The number of nitrogens with two attached hydrogens (primary N) is 1. The minimum Gasteiger partial charge on any atom is -0.388 e. The number of nitrogens with zero attached hydrogens (tertiary/aromatic N) is 3. The summed E-state index contributed by atoms with van der Waals surface area (Å²) in [6.07, 6.45) is 3.04. The van der Waals surface area contributed by atoms with E-state index in [0.29, 0.717) is 27.8 Å². The van der Waals surface area contributed by atoms with Crippen molar-refractivity contribution >= 4 is 51.5 Å². The molecule has 0 spiro atoms. The van der Waals surface area contributed by atoms with Crippen LogP contribution in [0.5, 0.6) is 0 Å². The summed E-state index contributed by atoms with van der Waals surface area (Å²) in [6.45, 7) is 0. The lowest BCUT2D eigenvalue weighted by molar-refractivity contribution is -0.119. The molecule has 1 amide bonds. The molecule has 39 heavy (non-hydrogen) atoms. The maximum absolute atomic E-state index is 13.6. The Morgan fingerprint density at radius 1 is 1.08 bits per heavy atom. The van der Waals surface area contributed by atoms with Gasteiger partial charge in [0.05, 0.1) is 17.5 Å². The van der Waals surface area contributed by atoms with Gasteiger partial charge in [-0.2, -0.15) is 5.10 Å². The van der Waals surface area contributed by atoms with Crippen molar-refractivity contribution < 1.29 is 4.79 Å². The summed E-state index contributed by atoms with van der Waals surface area (Å²) in [5.74, 6) is -0.0202. The molecule has 0 saturated heterocycles. The molecule has 5 aromatic rings. The molecule has 11 heteroatoms. The van der Waals surface area contributed by atoms with E-state index in [-0.39, 0.29) is 11.6 Å². The summed E-state index contributed by atoms with van der Waals surface area (Å²) in [5, 5.41) is 14.3. The van der Waals surface area contributed by atoms with Gasteiger partial charge in [-0.25, -0.2) is 4.98 Å². The second kappa shape index (κ2) is 11.4. The van der Waals surface area contributed by atoms with Crippen molar-refractivity contribution in [2.24, 2.45) is 5.73 Å². The molecule has 0 aliphatic rings. The number of amides is 1. The zero-order chi connectivity index (χ0) is 27.4. The zero-order valence-corrected chi connectivity index (χ0v) is 21.9. The Balaban J connectivity index is 1.51. The van der Waals surface area contributed by atoms with Gasteiger partial charge in [0, 0.05) is 40.3 Å². The molecule has 0 bridgehead atoms. The van der Waals surface area contributed by atoms with Crippen molar-refractivity contribution in [2.75, 3.05) is 10.6 Å². The fourth-order valence-corrected chi connectivity index (χ4v) is 4.43. The molecule has 196 valence electrons. The second-order valence-corrected chi connectivity index (χ2v) is 9.57. The Hall–Kier alpha value is -4.60. The van der Waals surface area contributed by atoms with Crippen LogP contribution in [0.4, 0.5) is 11.5 Å². The number of para-hydroxylation sites is 1. The number of anilines is 2. The highest BCUT2D eigenvalue weighted by molar-refractivity contribution is 6.31. The number of benzene rings is 3. The summed E-state index contributed by atoms with van der Waals surface area (Å²) in [6, 6.07) is 22.4. The van der Waals surface area contributed by atoms with E-state index >= 15 is 0 Å². The topological polar surface area (TPSA) is 131 Å². The number of hydrogen-bond donors (Lipinski definition) is 4. The molecule has 2 aromatic heterocycles. The van der Waals surface area contributed by atoms with Crippen molar-refractivity contribution in [2.45, 2.75) is 12.5 Å². The molecule has 2 heterocycles. The van der Waals surface area contributed by atoms with E-state index in [4.69, 9.17) is 28.9 Å². The van der Waals surface area contributed by atoms with Gasteiger partial charge in [0.25, 0.3) is 5.56 Å². The average Bonchev–Trinajstić information content (AvgIpc) is 3.34. The number of fused-ring (bicyclic) bond motifs is 1. The van der Waals surface area contributed by atoms with Gasteiger partial charge in [0.15, 0.2) is 5.82 Å². The monoisotopic (exact) mass is 559 g/mol. The molecule has 0 fully saturated rings. The Morgan fingerprint density at radius 3 is 2.62 bits per heavy atom. The highest BCUT2D eigenvalue weighted by Gasteiger charge is 2.24. The van der Waals surface area contributed by atoms with Gasteiger partial charge in [0.2, 0.25) is 5.91 Å². The molecule has 0 radical (unpaired) electrons. The van der Waals surface area contributed by atoms with Gasteiger partial charge in [-0.15, -0.1) is 0 Å². The van der Waals surface area contributed by atoms with Gasteiger partial charge in [-0.05, 0) is 35.9 Å². The molecule has 1 atom stereocenters. The molecule has 5 rings (SSSR count). The van der Waals surface area contributed by atoms with Crippen molar-refractivity contribution in [3.63, 3.8) is 0 Å². The Morgan fingerprint density at radius 2 is 1.85 bits per heavy atom. The van der Waals surface area contributed by atoms with Crippen LogP contribution in [0.1, 0.15) is 11.6 Å². The summed E-state index contributed by atoms with van der Waals surface area (Å²) in [7, 11) is 0. The third-order valence-electron chi connectivity index (χ3n) is 6.08. The molecule has 3 aromatic carbocycles. The van der Waals surface area contributed by atoms with Gasteiger partial charge in [-0.1, -0.05) is 65.7 Å². The molecular formula is C28H23Cl2N7O2. The lowest BCUT2D eigenvalue weighted by atomic mass is 10.0. The third kappa shape index (κ3) is 5.95. The number of nitrogens with one attached hydrogen (secondary N) is 3. The van der Waals surface area contributed by atoms with Crippen molar-refractivity contribution in [1.29, 1.82) is 0 Å². The predicted octanol–water partition coefficient (Wildman–Crippen LogP) is 5.27. The number of carbonyl (C=O) groups is 1. The van der Waals surface area contributed by atoms with Crippen molar-refractivity contribution in [1.82, 2.24) is 19.7 Å². The first-order valence-electron chi connectivity index (χ1n) is 11.9. The van der Waals surface area contributed by atoms with Crippen LogP contribution in [-0.4, -0.2) is 25.7 Å². The molecule has 0 saturated carbocycles. The summed E-state index contributed by atoms with van der Waals surface area (Å²) in [5.41, 5.74) is 8.30. The second-order valence-electron chi connectivity index (χ2n) is 8.70. The lowest BCUT2D eigenvalue weighted by Crippen LogP contribution is -2.34. The number of hydrogen-bond acceptors (Lipinski definition) is 6. The quantitative estimate of drug-likeness (QED) is 0.191. The normalized spacial score (nSPS) is 12.3. The number of rotatable bonds is 8. The van der Waals surface area contributed by atoms with Crippen LogP contribution < -0.4 is 21.9 Å². The van der Waals surface area contributed by atoms with Gasteiger partial charge in [-0.3, -0.25) is 19.3 Å². The first-order chi connectivity index (χ1) is 18.9. The molecule has 5 N–H and O–H groups in total. The third-order valence-corrected chi connectivity index (χ3v) is 6.43. The summed E-state index contributed by atoms with van der Waals surface area (Å²) in [4.78, 5) is 31.6. The van der Waals surface area contributed by atoms with Crippen LogP contribution in [0.15, 0.2) is 101 Å². The van der Waals surface area contributed by atoms with Gasteiger partial charge >= 0.3 is 0 Å². The molecule has 0 aliphatic carbocycles. The Bertz CT molecular complexity index is 1730. The van der Waals surface area contributed by atoms with Crippen LogP contribution in [0.3, 0.4) is 0 Å². The smallest absolute Gasteiger partial charge is 0.254 e. The number of carbonyl (C=O) groups excluding carboxylic acids is 1. The van der Waals surface area contributed by atoms with E-state index in [1.165, 1.54) is 23.2 Å². The van der Waals surface area contributed by atoms with Crippen molar-refractivity contribution in [3.05, 3.63) is 117 Å². The first-order valence-corrected chi connectivity index (χ1v) is 12.7. The standard InChI is InChI=1S/C28H23Cl2N7O2/c29-18-10-11-21(32-15-25(30)31)20(13-18)23-14-26(38)37(16-33-23)24(12-17-6-2-1-3-7-17)28(39)34-27-19-8-4-5-9-22(19)35-36-27/h1-11,13-16,24,32H,12,31H2,(H2,34,35,36,39)/b25-15-. The number of H-pyrrole nitrogens is 1. The molecule has 1 unspecified atom stereocenters. The number of halogens is 2. The van der Waals surface area contributed by atoms with Crippen LogP contribution >= 0.6 is 23.2 Å². The Kier molecular flexibility index (Phi) is 7.62. The number of aromatic amines is 1. The van der Waals surface area contributed by atoms with E-state index in [1.807, 2.05) is 54.6 Å². The molecular weight excluding hydrogens is 537 g/mol. The predicted molar refractivity (Wildman–Crippen MR) is 155 cm³/mol. The van der Waals surface area contributed by atoms with Crippen LogP contribution in [0.25, 0.3) is 22.2 Å². The summed E-state index contributed by atoms with van der Waals surface area (Å²) >= 11 is 12.0. The van der Waals surface area contributed by atoms with E-state index in [0.717, 1.165) is 16.5 Å². The highest BCUT2D eigenvalue weighted by atomic mass is 35.5. The van der Waals surface area contributed by atoms with E-state index in [2.05, 4.69) is 25.8 Å². The lowest BCUT2D eigenvalue weighted by Gasteiger charge is -2.19. The molecule has 9 nitrogen and oxygen atoms in total. The maximum Gasteiger partial charge on any atom is 0.254 e. The van der Waals surface area contributed by atoms with E-state index < -0.39 is 17.5 Å². The minimum absolute atomic E-state index is 0.0544. The SMILES string of the molecule is N/C(Cl)=C\Nc1ccc(Cl)cc1-c1cc(=O)n(C(Cc2ccccc2)C(=O)Nc2n[nH]c3ccccc23)cn1. The van der Waals surface area contributed by atoms with Crippen LogP contribution in [-0.2, 0) is 11.2 Å².